The third kappa shape index (κ3) is 2.37. The molecule has 0 aliphatic heterocycles. The average Bonchev–Trinajstić information content (AvgIpc) is 2.91. The zero-order valence-electron chi connectivity index (χ0n) is 10.2. The van der Waals surface area contributed by atoms with E-state index in [1.807, 2.05) is 23.0 Å². The molecule has 96 valence electrons. The minimum atomic E-state index is 0.452. The Morgan fingerprint density at radius 1 is 1.61 bits per heavy atom. The van der Waals surface area contributed by atoms with Crippen molar-refractivity contribution in [3.63, 3.8) is 0 Å². The highest BCUT2D eigenvalue weighted by Crippen LogP contribution is 2.37. The monoisotopic (exact) mass is 326 g/mol. The summed E-state index contributed by atoms with van der Waals surface area (Å²) in [6.07, 6.45) is 5.42. The summed E-state index contributed by atoms with van der Waals surface area (Å²) in [4.78, 5) is 1.52. The minimum absolute atomic E-state index is 0.452. The van der Waals surface area contributed by atoms with Crippen LogP contribution in [0.3, 0.4) is 0 Å². The normalized spacial score (nSPS) is 18.9. The van der Waals surface area contributed by atoms with E-state index in [-0.39, 0.29) is 0 Å². The number of nitrogens with one attached hydrogen (secondary N) is 1. The van der Waals surface area contributed by atoms with E-state index in [2.05, 4.69) is 37.5 Å². The number of hydrogen-bond donors (Lipinski definition) is 1. The fraction of sp³-hybridized carbons (Fsp3) is 0.500. The molecule has 1 unspecified atom stereocenters. The number of fused-ring (bicyclic) bond motifs is 1. The second-order valence-corrected chi connectivity index (χ2v) is 7.13. The lowest BCUT2D eigenvalue weighted by atomic mass is 9.94. The smallest absolute Gasteiger partial charge is 0.146 e. The third-order valence-corrected chi connectivity index (χ3v) is 5.11. The highest BCUT2D eigenvalue weighted by atomic mass is 79.9. The molecule has 0 amide bonds. The van der Waals surface area contributed by atoms with Crippen molar-refractivity contribution in [2.24, 2.45) is 7.05 Å². The van der Waals surface area contributed by atoms with Crippen LogP contribution in [0.15, 0.2) is 16.2 Å². The van der Waals surface area contributed by atoms with Gasteiger partial charge in [-0.05, 0) is 46.8 Å². The van der Waals surface area contributed by atoms with Gasteiger partial charge in [0.15, 0.2) is 0 Å². The SMILES string of the molecule is Cn1cnnc1CNC1CCCc2sc(Br)cc21. The number of aryl methyl sites for hydroxylation is 2. The summed E-state index contributed by atoms with van der Waals surface area (Å²) in [5.41, 5.74) is 1.46. The molecule has 1 atom stereocenters. The van der Waals surface area contributed by atoms with Crippen molar-refractivity contribution in [3.8, 4) is 0 Å². The topological polar surface area (TPSA) is 42.7 Å². The summed E-state index contributed by atoms with van der Waals surface area (Å²) in [6.45, 7) is 0.772. The Hall–Kier alpha value is -0.720. The summed E-state index contributed by atoms with van der Waals surface area (Å²) in [6, 6.07) is 2.71. The molecule has 0 radical (unpaired) electrons. The van der Waals surface area contributed by atoms with Crippen molar-refractivity contribution >= 4 is 27.3 Å². The predicted molar refractivity (Wildman–Crippen MR) is 75.5 cm³/mol. The molecule has 0 fully saturated rings. The predicted octanol–water partition coefficient (Wildman–Crippen LogP) is 2.81. The second kappa shape index (κ2) is 5.11. The minimum Gasteiger partial charge on any atom is -0.320 e. The van der Waals surface area contributed by atoms with E-state index in [1.165, 1.54) is 33.5 Å². The lowest BCUT2D eigenvalue weighted by Crippen LogP contribution is -2.25. The van der Waals surface area contributed by atoms with Crippen LogP contribution in [0.1, 0.15) is 35.1 Å². The molecular weight excluding hydrogens is 312 g/mol. The molecule has 2 aromatic rings. The molecule has 1 N–H and O–H groups in total. The van der Waals surface area contributed by atoms with Gasteiger partial charge in [0.2, 0.25) is 0 Å². The van der Waals surface area contributed by atoms with E-state index >= 15 is 0 Å². The van der Waals surface area contributed by atoms with Crippen LogP contribution in [0.5, 0.6) is 0 Å². The Kier molecular flexibility index (Phi) is 3.50. The van der Waals surface area contributed by atoms with Gasteiger partial charge >= 0.3 is 0 Å². The molecule has 18 heavy (non-hydrogen) atoms. The standard InChI is InChI=1S/C12H15BrN4S/c1-17-7-15-16-12(17)6-14-9-3-2-4-10-8(9)5-11(13)18-10/h5,7,9,14H,2-4,6H2,1H3. The summed E-state index contributed by atoms with van der Waals surface area (Å²) >= 11 is 5.45. The first kappa shape index (κ1) is 12.3. The number of halogens is 1. The van der Waals surface area contributed by atoms with Gasteiger partial charge in [-0.1, -0.05) is 0 Å². The molecule has 0 saturated heterocycles. The van der Waals surface area contributed by atoms with Crippen LogP contribution in [0.2, 0.25) is 0 Å². The van der Waals surface area contributed by atoms with Crippen molar-refractivity contribution in [2.45, 2.75) is 31.8 Å². The summed E-state index contributed by atoms with van der Waals surface area (Å²) < 4.78 is 3.19. The van der Waals surface area contributed by atoms with Crippen molar-refractivity contribution in [1.82, 2.24) is 20.1 Å². The zero-order valence-corrected chi connectivity index (χ0v) is 12.6. The quantitative estimate of drug-likeness (QED) is 0.943. The van der Waals surface area contributed by atoms with Crippen molar-refractivity contribution in [3.05, 3.63) is 32.4 Å². The van der Waals surface area contributed by atoms with E-state index in [1.54, 1.807) is 6.33 Å². The molecule has 0 spiro atoms. The van der Waals surface area contributed by atoms with Crippen LogP contribution >= 0.6 is 27.3 Å². The lowest BCUT2D eigenvalue weighted by molar-refractivity contribution is 0.452. The first-order chi connectivity index (χ1) is 8.74. The van der Waals surface area contributed by atoms with Crippen LogP contribution in [0, 0.1) is 0 Å². The third-order valence-electron chi connectivity index (χ3n) is 3.40. The van der Waals surface area contributed by atoms with Crippen molar-refractivity contribution in [1.29, 1.82) is 0 Å². The van der Waals surface area contributed by atoms with Gasteiger partial charge in [0.25, 0.3) is 0 Å². The number of rotatable bonds is 3. The maximum Gasteiger partial charge on any atom is 0.146 e. The largest absolute Gasteiger partial charge is 0.320 e. The molecule has 1 aliphatic carbocycles. The van der Waals surface area contributed by atoms with Crippen LogP contribution in [-0.4, -0.2) is 14.8 Å². The summed E-state index contributed by atoms with van der Waals surface area (Å²) in [5.74, 6) is 0.983. The van der Waals surface area contributed by atoms with Gasteiger partial charge in [0, 0.05) is 18.0 Å². The lowest BCUT2D eigenvalue weighted by Gasteiger charge is -2.23. The number of aromatic nitrogens is 3. The maximum absolute atomic E-state index is 4.11. The van der Waals surface area contributed by atoms with Crippen LogP contribution in [0.4, 0.5) is 0 Å². The Labute approximate surface area is 119 Å². The molecular formula is C12H15BrN4S. The average molecular weight is 327 g/mol. The molecule has 0 saturated carbocycles. The molecule has 3 rings (SSSR count). The van der Waals surface area contributed by atoms with Crippen LogP contribution < -0.4 is 5.32 Å². The van der Waals surface area contributed by atoms with Gasteiger partial charge < -0.3 is 9.88 Å². The fourth-order valence-corrected chi connectivity index (χ4v) is 4.23. The van der Waals surface area contributed by atoms with Crippen LogP contribution in [0.25, 0.3) is 0 Å². The molecule has 0 aromatic carbocycles. The molecule has 2 heterocycles. The molecule has 6 heteroatoms. The van der Waals surface area contributed by atoms with E-state index in [4.69, 9.17) is 0 Å². The van der Waals surface area contributed by atoms with Crippen molar-refractivity contribution in [2.75, 3.05) is 0 Å². The summed E-state index contributed by atoms with van der Waals surface area (Å²) in [7, 11) is 1.98. The van der Waals surface area contributed by atoms with Gasteiger partial charge in [-0.15, -0.1) is 21.5 Å². The Morgan fingerprint density at radius 3 is 3.28 bits per heavy atom. The number of hydrogen-bond acceptors (Lipinski definition) is 4. The first-order valence-electron chi connectivity index (χ1n) is 6.08. The van der Waals surface area contributed by atoms with Gasteiger partial charge in [0.05, 0.1) is 10.3 Å². The van der Waals surface area contributed by atoms with Crippen molar-refractivity contribution < 1.29 is 0 Å². The van der Waals surface area contributed by atoms with E-state index in [0.29, 0.717) is 6.04 Å². The van der Waals surface area contributed by atoms with Crippen LogP contribution in [-0.2, 0) is 20.0 Å². The molecule has 0 bridgehead atoms. The van der Waals surface area contributed by atoms with Gasteiger partial charge in [-0.25, -0.2) is 0 Å². The summed E-state index contributed by atoms with van der Waals surface area (Å²) in [5, 5.41) is 11.6. The fourth-order valence-electron chi connectivity index (χ4n) is 2.42. The Bertz CT molecular complexity index is 548. The Balaban J connectivity index is 1.73. The van der Waals surface area contributed by atoms with E-state index < -0.39 is 0 Å². The van der Waals surface area contributed by atoms with Gasteiger partial charge in [0.1, 0.15) is 12.2 Å². The molecule has 4 nitrogen and oxygen atoms in total. The highest BCUT2D eigenvalue weighted by Gasteiger charge is 2.22. The molecule has 1 aliphatic rings. The van der Waals surface area contributed by atoms with E-state index in [9.17, 15) is 0 Å². The van der Waals surface area contributed by atoms with Gasteiger partial charge in [-0.3, -0.25) is 0 Å². The Morgan fingerprint density at radius 2 is 2.50 bits per heavy atom. The first-order valence-corrected chi connectivity index (χ1v) is 7.69. The van der Waals surface area contributed by atoms with Gasteiger partial charge in [-0.2, -0.15) is 0 Å². The number of nitrogens with zero attached hydrogens (tertiary/aromatic N) is 3. The second-order valence-electron chi connectivity index (χ2n) is 4.61. The molecule has 2 aromatic heterocycles. The highest BCUT2D eigenvalue weighted by molar-refractivity contribution is 9.11. The maximum atomic E-state index is 4.11. The zero-order chi connectivity index (χ0) is 12.5. The number of thiophene rings is 1. The van der Waals surface area contributed by atoms with E-state index in [0.717, 1.165) is 12.4 Å².